The van der Waals surface area contributed by atoms with Gasteiger partial charge in [-0.3, -0.25) is 0 Å². The summed E-state index contributed by atoms with van der Waals surface area (Å²) in [7, 11) is -1.37. The third kappa shape index (κ3) is 4.06. The van der Waals surface area contributed by atoms with Gasteiger partial charge in [-0.15, -0.1) is 0 Å². The molecule has 0 saturated heterocycles. The average molecular weight is 305 g/mol. The van der Waals surface area contributed by atoms with Crippen LogP contribution in [0.2, 0.25) is 0 Å². The van der Waals surface area contributed by atoms with E-state index in [2.05, 4.69) is 5.32 Å². The van der Waals surface area contributed by atoms with Gasteiger partial charge in [0.15, 0.2) is 9.84 Å². The van der Waals surface area contributed by atoms with E-state index in [1.165, 1.54) is 6.26 Å². The molecular weight excluding hydrogens is 286 g/mol. The minimum absolute atomic E-state index is 0.252. The summed E-state index contributed by atoms with van der Waals surface area (Å²) in [5.74, 6) is 1.24. The van der Waals surface area contributed by atoms with E-state index in [0.717, 1.165) is 16.9 Å². The normalized spacial score (nSPS) is 11.4. The maximum atomic E-state index is 11.6. The van der Waals surface area contributed by atoms with Crippen molar-refractivity contribution in [1.29, 1.82) is 0 Å². The molecule has 0 heterocycles. The molecule has 0 aliphatic carbocycles. The second kappa shape index (κ2) is 6.28. The molecule has 0 aliphatic heterocycles. The number of aryl methyl sites for hydroxylation is 1. The smallest absolute Gasteiger partial charge is 0.175 e. The summed E-state index contributed by atoms with van der Waals surface area (Å²) in [4.78, 5) is 0.252. The van der Waals surface area contributed by atoms with Gasteiger partial charge in [0.2, 0.25) is 0 Å². The van der Waals surface area contributed by atoms with Gasteiger partial charge in [-0.25, -0.2) is 8.42 Å². The minimum Gasteiger partial charge on any atom is -0.457 e. The Morgan fingerprint density at radius 1 is 1.14 bits per heavy atom. The first-order valence-corrected chi connectivity index (χ1v) is 8.51. The first-order valence-electron chi connectivity index (χ1n) is 6.62. The van der Waals surface area contributed by atoms with Gasteiger partial charge in [-0.1, -0.05) is 23.8 Å². The fourth-order valence-corrected chi connectivity index (χ4v) is 2.69. The van der Waals surface area contributed by atoms with E-state index in [1.54, 1.807) is 24.3 Å². The first kappa shape index (κ1) is 15.5. The van der Waals surface area contributed by atoms with E-state index in [-0.39, 0.29) is 4.90 Å². The van der Waals surface area contributed by atoms with Crippen molar-refractivity contribution in [2.45, 2.75) is 18.4 Å². The Balaban J connectivity index is 2.34. The van der Waals surface area contributed by atoms with Crippen LogP contribution in [0.4, 0.5) is 0 Å². The highest BCUT2D eigenvalue weighted by Crippen LogP contribution is 2.27. The lowest BCUT2D eigenvalue weighted by Gasteiger charge is -2.12. The molecule has 0 aromatic heterocycles. The second-order valence-electron chi connectivity index (χ2n) is 4.99. The highest BCUT2D eigenvalue weighted by Gasteiger charge is 2.10. The summed E-state index contributed by atoms with van der Waals surface area (Å²) in [5, 5.41) is 3.10. The molecule has 4 nitrogen and oxygen atoms in total. The first-order chi connectivity index (χ1) is 9.90. The molecule has 2 aromatic carbocycles. The zero-order chi connectivity index (χ0) is 15.5. The zero-order valence-corrected chi connectivity index (χ0v) is 13.2. The van der Waals surface area contributed by atoms with Crippen LogP contribution in [0.15, 0.2) is 47.4 Å². The van der Waals surface area contributed by atoms with E-state index in [9.17, 15) is 8.42 Å². The number of hydrogen-bond donors (Lipinski definition) is 1. The van der Waals surface area contributed by atoms with Crippen LogP contribution in [0, 0.1) is 6.92 Å². The standard InChI is InChI=1S/C16H19NO3S/c1-12-7-8-16(13(9-12)11-17-2)20-14-5-4-6-15(10-14)21(3,18)19/h4-10,17H,11H2,1-3H3. The second-order valence-corrected chi connectivity index (χ2v) is 7.01. The third-order valence-electron chi connectivity index (χ3n) is 3.04. The van der Waals surface area contributed by atoms with Crippen LogP contribution in [-0.2, 0) is 16.4 Å². The van der Waals surface area contributed by atoms with Crippen molar-refractivity contribution >= 4 is 9.84 Å². The predicted molar refractivity (Wildman–Crippen MR) is 83.6 cm³/mol. The van der Waals surface area contributed by atoms with Crippen molar-refractivity contribution in [2.24, 2.45) is 0 Å². The van der Waals surface area contributed by atoms with Crippen LogP contribution in [0.1, 0.15) is 11.1 Å². The largest absolute Gasteiger partial charge is 0.457 e. The molecule has 0 bridgehead atoms. The van der Waals surface area contributed by atoms with E-state index in [0.29, 0.717) is 12.3 Å². The van der Waals surface area contributed by atoms with Gasteiger partial charge in [0, 0.05) is 18.4 Å². The number of ether oxygens (including phenoxy) is 1. The Kier molecular flexibility index (Phi) is 4.65. The highest BCUT2D eigenvalue weighted by atomic mass is 32.2. The van der Waals surface area contributed by atoms with Gasteiger partial charge in [0.05, 0.1) is 4.90 Å². The van der Waals surface area contributed by atoms with Crippen LogP contribution < -0.4 is 10.1 Å². The van der Waals surface area contributed by atoms with E-state index in [4.69, 9.17) is 4.74 Å². The molecule has 0 aliphatic rings. The summed E-state index contributed by atoms with van der Waals surface area (Å²) in [6.07, 6.45) is 1.18. The Hall–Kier alpha value is -1.85. The van der Waals surface area contributed by atoms with Crippen LogP contribution in [0.3, 0.4) is 0 Å². The molecule has 0 atom stereocenters. The molecule has 2 aromatic rings. The van der Waals surface area contributed by atoms with E-state index in [1.807, 2.05) is 32.2 Å². The van der Waals surface area contributed by atoms with Crippen molar-refractivity contribution in [3.63, 3.8) is 0 Å². The Morgan fingerprint density at radius 2 is 1.90 bits per heavy atom. The number of sulfone groups is 1. The van der Waals surface area contributed by atoms with Gasteiger partial charge < -0.3 is 10.1 Å². The molecule has 0 amide bonds. The monoisotopic (exact) mass is 305 g/mol. The number of benzene rings is 2. The molecule has 5 heteroatoms. The topological polar surface area (TPSA) is 55.4 Å². The van der Waals surface area contributed by atoms with Crippen molar-refractivity contribution in [3.8, 4) is 11.5 Å². The summed E-state index contributed by atoms with van der Waals surface area (Å²) in [5.41, 5.74) is 2.18. The molecule has 2 rings (SSSR count). The maximum Gasteiger partial charge on any atom is 0.175 e. The number of hydrogen-bond acceptors (Lipinski definition) is 4. The summed E-state index contributed by atoms with van der Waals surface area (Å²) in [6, 6.07) is 12.4. The lowest BCUT2D eigenvalue weighted by Crippen LogP contribution is -2.06. The van der Waals surface area contributed by atoms with Gasteiger partial charge >= 0.3 is 0 Å². The third-order valence-corrected chi connectivity index (χ3v) is 4.15. The van der Waals surface area contributed by atoms with Gasteiger partial charge in [-0.05, 0) is 38.2 Å². The van der Waals surface area contributed by atoms with Crippen LogP contribution in [-0.4, -0.2) is 21.7 Å². The molecule has 0 saturated carbocycles. The summed E-state index contributed by atoms with van der Waals surface area (Å²) < 4.78 is 29.0. The van der Waals surface area contributed by atoms with Crippen molar-refractivity contribution in [3.05, 3.63) is 53.6 Å². The highest BCUT2D eigenvalue weighted by molar-refractivity contribution is 7.90. The quantitative estimate of drug-likeness (QED) is 0.923. The number of nitrogens with one attached hydrogen (secondary N) is 1. The number of rotatable bonds is 5. The lowest BCUT2D eigenvalue weighted by atomic mass is 10.1. The zero-order valence-electron chi connectivity index (χ0n) is 12.4. The van der Waals surface area contributed by atoms with Crippen LogP contribution in [0.5, 0.6) is 11.5 Å². The summed E-state index contributed by atoms with van der Waals surface area (Å²) in [6.45, 7) is 2.70. The Labute approximate surface area is 125 Å². The fraction of sp³-hybridized carbons (Fsp3) is 0.250. The SMILES string of the molecule is CNCc1cc(C)ccc1Oc1cccc(S(C)(=O)=O)c1. The average Bonchev–Trinajstić information content (AvgIpc) is 2.42. The van der Waals surface area contributed by atoms with Crippen molar-refractivity contribution < 1.29 is 13.2 Å². The van der Waals surface area contributed by atoms with Crippen molar-refractivity contribution in [1.82, 2.24) is 5.32 Å². The Morgan fingerprint density at radius 3 is 2.57 bits per heavy atom. The van der Waals surface area contributed by atoms with Gasteiger partial charge in [-0.2, -0.15) is 0 Å². The molecule has 0 radical (unpaired) electrons. The lowest BCUT2D eigenvalue weighted by molar-refractivity contribution is 0.472. The minimum atomic E-state index is -3.24. The fourth-order valence-electron chi connectivity index (χ4n) is 2.03. The van der Waals surface area contributed by atoms with Gasteiger partial charge in [0.25, 0.3) is 0 Å². The molecular formula is C16H19NO3S. The maximum absolute atomic E-state index is 11.6. The van der Waals surface area contributed by atoms with Crippen LogP contribution in [0.25, 0.3) is 0 Å². The Bertz CT molecular complexity index is 739. The molecule has 0 spiro atoms. The molecule has 21 heavy (non-hydrogen) atoms. The van der Waals surface area contributed by atoms with Crippen molar-refractivity contribution in [2.75, 3.05) is 13.3 Å². The molecule has 112 valence electrons. The predicted octanol–water partition coefficient (Wildman–Crippen LogP) is 2.91. The van der Waals surface area contributed by atoms with Crippen LogP contribution >= 0.6 is 0 Å². The summed E-state index contributed by atoms with van der Waals surface area (Å²) >= 11 is 0. The molecule has 0 fully saturated rings. The van der Waals surface area contributed by atoms with E-state index < -0.39 is 9.84 Å². The van der Waals surface area contributed by atoms with E-state index >= 15 is 0 Å². The molecule has 0 unspecified atom stereocenters. The van der Waals surface area contributed by atoms with Gasteiger partial charge in [0.1, 0.15) is 11.5 Å². The molecule has 1 N–H and O–H groups in total.